The number of aromatic amines is 1. The number of imidazole rings is 1. The summed E-state index contributed by atoms with van der Waals surface area (Å²) in [6.45, 7) is 5.03. The lowest BCUT2D eigenvalue weighted by molar-refractivity contribution is -0.129. The molecule has 0 saturated carbocycles. The summed E-state index contributed by atoms with van der Waals surface area (Å²) >= 11 is 5.26. The number of H-pyrrole nitrogens is 1. The number of rotatable bonds is 2. The van der Waals surface area contributed by atoms with Crippen LogP contribution in [-0.4, -0.2) is 34.0 Å². The van der Waals surface area contributed by atoms with Crippen molar-refractivity contribution in [3.63, 3.8) is 0 Å². The van der Waals surface area contributed by atoms with Crippen LogP contribution in [0.15, 0.2) is 6.20 Å². The van der Waals surface area contributed by atoms with Gasteiger partial charge in [-0.05, 0) is 24.6 Å². The minimum Gasteiger partial charge on any atom is -0.344 e. The van der Waals surface area contributed by atoms with Gasteiger partial charge in [-0.15, -0.1) is 0 Å². The van der Waals surface area contributed by atoms with E-state index in [1.807, 2.05) is 17.8 Å². The van der Waals surface area contributed by atoms with Gasteiger partial charge >= 0.3 is 0 Å². The second-order valence-corrected chi connectivity index (χ2v) is 4.99. The highest BCUT2D eigenvalue weighted by Crippen LogP contribution is 2.27. The summed E-state index contributed by atoms with van der Waals surface area (Å²) in [5.41, 5.74) is 1.11. The van der Waals surface area contributed by atoms with Crippen LogP contribution in [0.2, 0.25) is 0 Å². The molecule has 0 bridgehead atoms. The van der Waals surface area contributed by atoms with Crippen molar-refractivity contribution in [3.05, 3.63) is 16.7 Å². The molecule has 1 aliphatic heterocycles. The summed E-state index contributed by atoms with van der Waals surface area (Å²) in [6, 6.07) is -0.110. The van der Waals surface area contributed by atoms with E-state index in [0.717, 1.165) is 18.7 Å². The topological polar surface area (TPSA) is 41.0 Å². The molecular formula is C11H17N3OS. The smallest absolute Gasteiger partial charge is 0.245 e. The van der Waals surface area contributed by atoms with Gasteiger partial charge in [0.05, 0.1) is 0 Å². The van der Waals surface area contributed by atoms with E-state index in [0.29, 0.717) is 10.7 Å². The zero-order valence-electron chi connectivity index (χ0n) is 9.86. The summed E-state index contributed by atoms with van der Waals surface area (Å²) in [5, 5.41) is 0. The van der Waals surface area contributed by atoms with E-state index in [-0.39, 0.29) is 11.9 Å². The van der Waals surface area contributed by atoms with E-state index < -0.39 is 0 Å². The predicted molar refractivity (Wildman–Crippen MR) is 65.0 cm³/mol. The minimum atomic E-state index is -0.110. The molecule has 0 aliphatic carbocycles. The van der Waals surface area contributed by atoms with Gasteiger partial charge in [0.25, 0.3) is 0 Å². The van der Waals surface area contributed by atoms with Crippen LogP contribution < -0.4 is 0 Å². The third kappa shape index (κ3) is 1.69. The number of nitrogens with zero attached hydrogens (tertiary/aromatic N) is 2. The van der Waals surface area contributed by atoms with Gasteiger partial charge in [0.1, 0.15) is 6.04 Å². The molecule has 1 aliphatic rings. The first-order valence-corrected chi connectivity index (χ1v) is 5.98. The van der Waals surface area contributed by atoms with Crippen molar-refractivity contribution in [1.82, 2.24) is 14.5 Å². The maximum Gasteiger partial charge on any atom is 0.245 e. The number of hydrogen-bond acceptors (Lipinski definition) is 2. The molecule has 1 atom stereocenters. The number of likely N-dealkylation sites (N-methyl/N-ethyl adjacent to an activating group) is 1. The lowest BCUT2D eigenvalue weighted by Crippen LogP contribution is -2.25. The van der Waals surface area contributed by atoms with Crippen molar-refractivity contribution in [3.8, 4) is 0 Å². The molecule has 1 amide bonds. The SMILES string of the molecule is CC(C)c1c[nH]c(=S)n1C1CCN(C)C1=O. The highest BCUT2D eigenvalue weighted by atomic mass is 32.1. The second kappa shape index (κ2) is 4.05. The molecule has 1 aromatic rings. The van der Waals surface area contributed by atoms with E-state index in [4.69, 9.17) is 12.2 Å². The van der Waals surface area contributed by atoms with Crippen molar-refractivity contribution in [1.29, 1.82) is 0 Å². The van der Waals surface area contributed by atoms with E-state index >= 15 is 0 Å². The van der Waals surface area contributed by atoms with E-state index in [9.17, 15) is 4.79 Å². The standard InChI is InChI=1S/C11H17N3OS/c1-7(2)9-6-12-11(16)14(9)8-4-5-13(3)10(8)15/h6-8H,4-5H2,1-3H3,(H,12,16). The number of nitrogens with one attached hydrogen (secondary N) is 1. The number of carbonyl (C=O) groups is 1. The number of aromatic nitrogens is 2. The Morgan fingerprint density at radius 1 is 1.56 bits per heavy atom. The van der Waals surface area contributed by atoms with Gasteiger partial charge in [-0.2, -0.15) is 0 Å². The first kappa shape index (κ1) is 11.4. The first-order valence-electron chi connectivity index (χ1n) is 5.57. The predicted octanol–water partition coefficient (Wildman–Crippen LogP) is 2.07. The number of likely N-dealkylation sites (tertiary alicyclic amines) is 1. The van der Waals surface area contributed by atoms with E-state index in [2.05, 4.69) is 18.8 Å². The molecule has 88 valence electrons. The molecule has 2 rings (SSSR count). The maximum atomic E-state index is 12.0. The van der Waals surface area contributed by atoms with Crippen LogP contribution >= 0.6 is 12.2 Å². The summed E-state index contributed by atoms with van der Waals surface area (Å²) in [4.78, 5) is 16.8. The molecule has 1 aromatic heterocycles. The molecule has 5 heteroatoms. The number of amides is 1. The van der Waals surface area contributed by atoms with Crippen LogP contribution in [0.3, 0.4) is 0 Å². The molecule has 0 spiro atoms. The Morgan fingerprint density at radius 3 is 2.75 bits per heavy atom. The van der Waals surface area contributed by atoms with Crippen molar-refractivity contribution >= 4 is 18.1 Å². The Kier molecular flexibility index (Phi) is 2.88. The molecule has 1 N–H and O–H groups in total. The molecule has 16 heavy (non-hydrogen) atoms. The third-order valence-electron chi connectivity index (χ3n) is 3.14. The Hall–Kier alpha value is -1.10. The van der Waals surface area contributed by atoms with Gasteiger partial charge in [-0.3, -0.25) is 4.79 Å². The summed E-state index contributed by atoms with van der Waals surface area (Å²) in [7, 11) is 1.84. The van der Waals surface area contributed by atoms with Crippen LogP contribution in [0.1, 0.15) is 37.9 Å². The van der Waals surface area contributed by atoms with Gasteiger partial charge < -0.3 is 14.5 Å². The number of hydrogen-bond donors (Lipinski definition) is 1. The van der Waals surface area contributed by atoms with Crippen molar-refractivity contribution < 1.29 is 4.79 Å². The zero-order valence-corrected chi connectivity index (χ0v) is 10.7. The Morgan fingerprint density at radius 2 is 2.25 bits per heavy atom. The van der Waals surface area contributed by atoms with Gasteiger partial charge in [-0.25, -0.2) is 0 Å². The normalized spacial score (nSPS) is 21.1. The monoisotopic (exact) mass is 239 g/mol. The summed E-state index contributed by atoms with van der Waals surface area (Å²) < 4.78 is 2.63. The fraction of sp³-hybridized carbons (Fsp3) is 0.636. The lowest BCUT2D eigenvalue weighted by atomic mass is 10.1. The molecule has 4 nitrogen and oxygen atoms in total. The molecule has 2 heterocycles. The Bertz CT molecular complexity index is 460. The van der Waals surface area contributed by atoms with Crippen molar-refractivity contribution in [2.24, 2.45) is 0 Å². The molecule has 0 radical (unpaired) electrons. The molecule has 1 saturated heterocycles. The average molecular weight is 239 g/mol. The van der Waals surface area contributed by atoms with Gasteiger partial charge in [0, 0.05) is 25.5 Å². The van der Waals surface area contributed by atoms with Gasteiger partial charge in [0.2, 0.25) is 5.91 Å². The maximum absolute atomic E-state index is 12.0. The zero-order chi connectivity index (χ0) is 11.9. The van der Waals surface area contributed by atoms with Crippen molar-refractivity contribution in [2.75, 3.05) is 13.6 Å². The van der Waals surface area contributed by atoms with Crippen LogP contribution in [0, 0.1) is 4.77 Å². The van der Waals surface area contributed by atoms with E-state index in [1.165, 1.54) is 0 Å². The van der Waals surface area contributed by atoms with Gasteiger partial charge in [0.15, 0.2) is 4.77 Å². The minimum absolute atomic E-state index is 0.110. The fourth-order valence-electron chi connectivity index (χ4n) is 2.20. The lowest BCUT2D eigenvalue weighted by Gasteiger charge is -2.16. The summed E-state index contributed by atoms with van der Waals surface area (Å²) in [5.74, 6) is 0.532. The van der Waals surface area contributed by atoms with Crippen LogP contribution in [-0.2, 0) is 4.79 Å². The van der Waals surface area contributed by atoms with Crippen molar-refractivity contribution in [2.45, 2.75) is 32.2 Å². The van der Waals surface area contributed by atoms with E-state index in [1.54, 1.807) is 4.90 Å². The summed E-state index contributed by atoms with van der Waals surface area (Å²) in [6.07, 6.45) is 2.76. The Balaban J connectivity index is 2.44. The second-order valence-electron chi connectivity index (χ2n) is 4.61. The highest BCUT2D eigenvalue weighted by Gasteiger charge is 2.32. The van der Waals surface area contributed by atoms with Crippen LogP contribution in [0.5, 0.6) is 0 Å². The quantitative estimate of drug-likeness (QED) is 0.803. The average Bonchev–Trinajstić information content (AvgIpc) is 2.73. The van der Waals surface area contributed by atoms with Crippen LogP contribution in [0.4, 0.5) is 0 Å². The Labute approximate surface area is 100 Å². The molecular weight excluding hydrogens is 222 g/mol. The fourth-order valence-corrected chi connectivity index (χ4v) is 2.49. The number of carbonyl (C=O) groups excluding carboxylic acids is 1. The molecule has 1 fully saturated rings. The van der Waals surface area contributed by atoms with Gasteiger partial charge in [-0.1, -0.05) is 13.8 Å². The first-order chi connectivity index (χ1) is 7.52. The van der Waals surface area contributed by atoms with Crippen LogP contribution in [0.25, 0.3) is 0 Å². The largest absolute Gasteiger partial charge is 0.344 e. The molecule has 1 unspecified atom stereocenters. The highest BCUT2D eigenvalue weighted by molar-refractivity contribution is 7.71. The molecule has 0 aromatic carbocycles. The third-order valence-corrected chi connectivity index (χ3v) is 3.46.